The number of halogens is 4. The van der Waals surface area contributed by atoms with Gasteiger partial charge in [-0.25, -0.2) is 0 Å². The Balaban J connectivity index is 1.88. The standard InChI is InChI=1S/C15H19BrF3N/c1-10-7-11(5-6-14(10)16)9-20-13-4-2-3-12(8-13)15(17,18)19/h5-7,12-13,20H,2-4,8-9H2,1H3. The summed E-state index contributed by atoms with van der Waals surface area (Å²) in [5.74, 6) is -1.14. The molecule has 1 aromatic rings. The van der Waals surface area contributed by atoms with Gasteiger partial charge in [0.2, 0.25) is 0 Å². The Morgan fingerprint density at radius 2 is 2.05 bits per heavy atom. The van der Waals surface area contributed by atoms with Crippen molar-refractivity contribution in [3.63, 3.8) is 0 Å². The maximum absolute atomic E-state index is 12.7. The van der Waals surface area contributed by atoms with Gasteiger partial charge in [-0.1, -0.05) is 34.5 Å². The van der Waals surface area contributed by atoms with Crippen molar-refractivity contribution in [2.45, 2.75) is 51.4 Å². The Hall–Kier alpha value is -0.550. The average molecular weight is 350 g/mol. The molecule has 2 atom stereocenters. The van der Waals surface area contributed by atoms with Gasteiger partial charge in [0.15, 0.2) is 0 Å². The van der Waals surface area contributed by atoms with Crippen LogP contribution in [-0.4, -0.2) is 12.2 Å². The van der Waals surface area contributed by atoms with Crippen LogP contribution >= 0.6 is 15.9 Å². The highest BCUT2D eigenvalue weighted by Crippen LogP contribution is 2.37. The molecule has 1 aliphatic carbocycles. The lowest BCUT2D eigenvalue weighted by Crippen LogP contribution is -2.38. The van der Waals surface area contributed by atoms with E-state index in [1.54, 1.807) is 0 Å². The fourth-order valence-corrected chi connectivity index (χ4v) is 3.00. The zero-order chi connectivity index (χ0) is 14.8. The maximum Gasteiger partial charge on any atom is 0.391 e. The first-order valence-electron chi connectivity index (χ1n) is 6.91. The van der Waals surface area contributed by atoms with Crippen LogP contribution in [0.25, 0.3) is 0 Å². The van der Waals surface area contributed by atoms with Gasteiger partial charge >= 0.3 is 6.18 Å². The second-order valence-electron chi connectivity index (χ2n) is 5.57. The second-order valence-corrected chi connectivity index (χ2v) is 6.42. The normalized spacial score (nSPS) is 23.9. The van der Waals surface area contributed by atoms with Gasteiger partial charge in [0.05, 0.1) is 5.92 Å². The number of nitrogens with one attached hydrogen (secondary N) is 1. The van der Waals surface area contributed by atoms with E-state index in [4.69, 9.17) is 0 Å². The van der Waals surface area contributed by atoms with Gasteiger partial charge in [-0.05, 0) is 43.4 Å². The van der Waals surface area contributed by atoms with Gasteiger partial charge < -0.3 is 5.32 Å². The Bertz CT molecular complexity index is 459. The van der Waals surface area contributed by atoms with Crippen molar-refractivity contribution in [3.8, 4) is 0 Å². The zero-order valence-corrected chi connectivity index (χ0v) is 13.0. The number of hydrogen-bond acceptors (Lipinski definition) is 1. The van der Waals surface area contributed by atoms with Crippen molar-refractivity contribution < 1.29 is 13.2 Å². The van der Waals surface area contributed by atoms with E-state index in [0.29, 0.717) is 13.0 Å². The highest BCUT2D eigenvalue weighted by Gasteiger charge is 2.41. The summed E-state index contributed by atoms with van der Waals surface area (Å²) in [5, 5.41) is 3.27. The van der Waals surface area contributed by atoms with E-state index in [2.05, 4.69) is 27.3 Å². The fourth-order valence-electron chi connectivity index (χ4n) is 2.75. The van der Waals surface area contributed by atoms with E-state index in [-0.39, 0.29) is 18.9 Å². The number of aryl methyl sites for hydroxylation is 1. The van der Waals surface area contributed by atoms with Crippen LogP contribution < -0.4 is 5.32 Å². The number of alkyl halides is 3. The van der Waals surface area contributed by atoms with E-state index < -0.39 is 12.1 Å². The van der Waals surface area contributed by atoms with Crippen molar-refractivity contribution >= 4 is 15.9 Å². The van der Waals surface area contributed by atoms with Gasteiger partial charge in [-0.15, -0.1) is 0 Å². The lowest BCUT2D eigenvalue weighted by atomic mass is 9.85. The fraction of sp³-hybridized carbons (Fsp3) is 0.600. The molecule has 5 heteroatoms. The van der Waals surface area contributed by atoms with Gasteiger partial charge in [0.25, 0.3) is 0 Å². The molecule has 0 saturated heterocycles. The maximum atomic E-state index is 12.7. The van der Waals surface area contributed by atoms with Crippen molar-refractivity contribution in [1.82, 2.24) is 5.32 Å². The Labute approximate surface area is 126 Å². The van der Waals surface area contributed by atoms with Crippen molar-refractivity contribution in [3.05, 3.63) is 33.8 Å². The first kappa shape index (κ1) is 15.8. The second kappa shape index (κ2) is 6.48. The summed E-state index contributed by atoms with van der Waals surface area (Å²) in [4.78, 5) is 0. The van der Waals surface area contributed by atoms with E-state index in [9.17, 15) is 13.2 Å². The van der Waals surface area contributed by atoms with Gasteiger partial charge in [-0.3, -0.25) is 0 Å². The molecular formula is C15H19BrF3N. The molecule has 1 fully saturated rings. The molecule has 2 rings (SSSR count). The molecule has 0 spiro atoms. The first-order valence-corrected chi connectivity index (χ1v) is 7.70. The molecule has 1 nitrogen and oxygen atoms in total. The molecule has 0 radical (unpaired) electrons. The van der Waals surface area contributed by atoms with Gasteiger partial charge in [0.1, 0.15) is 0 Å². The SMILES string of the molecule is Cc1cc(CNC2CCCC(C(F)(F)F)C2)ccc1Br. The Kier molecular flexibility index (Phi) is 5.13. The minimum Gasteiger partial charge on any atom is -0.310 e. The molecule has 1 saturated carbocycles. The third-order valence-corrected chi connectivity index (χ3v) is 4.84. The van der Waals surface area contributed by atoms with Crippen LogP contribution in [0.3, 0.4) is 0 Å². The van der Waals surface area contributed by atoms with Crippen LogP contribution in [0.2, 0.25) is 0 Å². The molecule has 0 bridgehead atoms. The number of rotatable bonds is 3. The summed E-state index contributed by atoms with van der Waals surface area (Å²) < 4.78 is 39.3. The first-order chi connectivity index (χ1) is 9.36. The number of hydrogen-bond donors (Lipinski definition) is 1. The predicted molar refractivity (Wildman–Crippen MR) is 77.5 cm³/mol. The van der Waals surface area contributed by atoms with Crippen LogP contribution in [0.4, 0.5) is 13.2 Å². The third kappa shape index (κ3) is 4.22. The van der Waals surface area contributed by atoms with E-state index in [1.807, 2.05) is 19.1 Å². The van der Waals surface area contributed by atoms with Crippen LogP contribution in [-0.2, 0) is 6.54 Å². The van der Waals surface area contributed by atoms with Crippen LogP contribution in [0, 0.1) is 12.8 Å². The predicted octanol–water partition coefficient (Wildman–Crippen LogP) is 4.97. The molecule has 1 aromatic carbocycles. The van der Waals surface area contributed by atoms with Crippen molar-refractivity contribution in [2.24, 2.45) is 5.92 Å². The van der Waals surface area contributed by atoms with Gasteiger partial charge in [0, 0.05) is 17.1 Å². The smallest absolute Gasteiger partial charge is 0.310 e. The van der Waals surface area contributed by atoms with E-state index in [0.717, 1.165) is 22.0 Å². The summed E-state index contributed by atoms with van der Waals surface area (Å²) >= 11 is 3.44. The Morgan fingerprint density at radius 3 is 2.70 bits per heavy atom. The summed E-state index contributed by atoms with van der Waals surface area (Å²) in [6.45, 7) is 2.64. The monoisotopic (exact) mass is 349 g/mol. The van der Waals surface area contributed by atoms with E-state index >= 15 is 0 Å². The molecule has 1 N–H and O–H groups in total. The highest BCUT2D eigenvalue weighted by molar-refractivity contribution is 9.10. The Morgan fingerprint density at radius 1 is 1.30 bits per heavy atom. The number of benzene rings is 1. The van der Waals surface area contributed by atoms with Crippen molar-refractivity contribution in [2.75, 3.05) is 0 Å². The molecule has 1 aliphatic rings. The van der Waals surface area contributed by atoms with Crippen molar-refractivity contribution in [1.29, 1.82) is 0 Å². The van der Waals surface area contributed by atoms with Gasteiger partial charge in [-0.2, -0.15) is 13.2 Å². The van der Waals surface area contributed by atoms with Crippen LogP contribution in [0.1, 0.15) is 36.8 Å². The summed E-state index contributed by atoms with van der Waals surface area (Å²) in [5.41, 5.74) is 2.25. The quantitative estimate of drug-likeness (QED) is 0.812. The molecule has 0 amide bonds. The minimum atomic E-state index is -4.05. The molecule has 0 heterocycles. The topological polar surface area (TPSA) is 12.0 Å². The molecule has 112 valence electrons. The minimum absolute atomic E-state index is 0.0284. The van der Waals surface area contributed by atoms with Crippen LogP contribution in [0.5, 0.6) is 0 Å². The average Bonchev–Trinajstić information content (AvgIpc) is 2.39. The molecule has 2 unspecified atom stereocenters. The summed E-state index contributed by atoms with van der Waals surface area (Å²) in [6.07, 6.45) is -2.07. The molecule has 0 aromatic heterocycles. The molecule has 20 heavy (non-hydrogen) atoms. The summed E-state index contributed by atoms with van der Waals surface area (Å²) in [7, 11) is 0. The highest BCUT2D eigenvalue weighted by atomic mass is 79.9. The summed E-state index contributed by atoms with van der Waals surface area (Å²) in [6, 6.07) is 6.00. The third-order valence-electron chi connectivity index (χ3n) is 3.95. The largest absolute Gasteiger partial charge is 0.391 e. The van der Waals surface area contributed by atoms with E-state index in [1.165, 1.54) is 0 Å². The lowest BCUT2D eigenvalue weighted by molar-refractivity contribution is -0.183. The zero-order valence-electron chi connectivity index (χ0n) is 11.4. The molecular weight excluding hydrogens is 331 g/mol. The van der Waals surface area contributed by atoms with Crippen LogP contribution in [0.15, 0.2) is 22.7 Å². The lowest BCUT2D eigenvalue weighted by Gasteiger charge is -2.31. The molecule has 0 aliphatic heterocycles.